The van der Waals surface area contributed by atoms with Crippen molar-refractivity contribution in [3.05, 3.63) is 76.6 Å². The van der Waals surface area contributed by atoms with Gasteiger partial charge in [-0.15, -0.1) is 11.3 Å². The third-order valence-corrected chi connectivity index (χ3v) is 6.59. The summed E-state index contributed by atoms with van der Waals surface area (Å²) in [5, 5.41) is 4.97. The molecule has 1 aliphatic heterocycles. The molecule has 0 aliphatic carbocycles. The maximum atomic E-state index is 12.9. The van der Waals surface area contributed by atoms with Crippen LogP contribution in [0.2, 0.25) is 0 Å². The van der Waals surface area contributed by atoms with Crippen molar-refractivity contribution in [3.63, 3.8) is 0 Å². The summed E-state index contributed by atoms with van der Waals surface area (Å²) in [5.41, 5.74) is 3.14. The van der Waals surface area contributed by atoms with Crippen LogP contribution >= 0.6 is 35.3 Å². The lowest BCUT2D eigenvalue weighted by Gasteiger charge is -2.21. The molecule has 1 fully saturated rings. The van der Waals surface area contributed by atoms with Crippen molar-refractivity contribution in [3.8, 4) is 11.1 Å². The number of thioether (sulfide) groups is 1. The minimum absolute atomic E-state index is 0.265. The number of nitrogens with zero attached hydrogens (tertiary/aromatic N) is 2. The average Bonchev–Trinajstić information content (AvgIpc) is 3.36. The van der Waals surface area contributed by atoms with Crippen molar-refractivity contribution in [1.82, 2.24) is 9.88 Å². The number of rotatable bonds is 5. The van der Waals surface area contributed by atoms with Gasteiger partial charge in [-0.2, -0.15) is 0 Å². The topological polar surface area (TPSA) is 62.3 Å². The van der Waals surface area contributed by atoms with Gasteiger partial charge in [-0.3, -0.25) is 14.5 Å². The maximum Gasteiger partial charge on any atom is 0.266 e. The van der Waals surface area contributed by atoms with Crippen molar-refractivity contribution in [2.45, 2.75) is 13.0 Å². The van der Waals surface area contributed by atoms with Crippen LogP contribution in [0.4, 0.5) is 5.13 Å². The number of thiocarbonyl (C=S) groups is 1. The summed E-state index contributed by atoms with van der Waals surface area (Å²) in [4.78, 5) is 31.3. The van der Waals surface area contributed by atoms with Gasteiger partial charge in [0.1, 0.15) is 10.4 Å². The molecule has 1 aromatic heterocycles. The quantitative estimate of drug-likeness (QED) is 0.435. The lowest BCUT2D eigenvalue weighted by atomic mass is 10.0. The lowest BCUT2D eigenvalue weighted by Crippen LogP contribution is -2.44. The first-order valence-corrected chi connectivity index (χ1v) is 11.3. The Labute approximate surface area is 187 Å². The highest BCUT2D eigenvalue weighted by molar-refractivity contribution is 8.26. The highest BCUT2D eigenvalue weighted by Crippen LogP contribution is 2.34. The summed E-state index contributed by atoms with van der Waals surface area (Å²) >= 11 is 7.90. The van der Waals surface area contributed by atoms with Crippen molar-refractivity contribution >= 4 is 62.7 Å². The highest BCUT2D eigenvalue weighted by Gasteiger charge is 2.38. The van der Waals surface area contributed by atoms with E-state index in [1.807, 2.05) is 42.5 Å². The fraction of sp³-hybridized carbons (Fsp3) is 0.0909. The minimum Gasteiger partial charge on any atom is -0.300 e. The molecule has 1 saturated heterocycles. The summed E-state index contributed by atoms with van der Waals surface area (Å²) in [7, 11) is 0. The van der Waals surface area contributed by atoms with Crippen LogP contribution in [-0.4, -0.2) is 32.1 Å². The fourth-order valence-corrected chi connectivity index (χ4v) is 4.93. The van der Waals surface area contributed by atoms with E-state index in [1.165, 1.54) is 28.0 Å². The third kappa shape index (κ3) is 4.35. The molecule has 0 bridgehead atoms. The summed E-state index contributed by atoms with van der Waals surface area (Å²) in [5.74, 6) is -0.589. The van der Waals surface area contributed by atoms with E-state index in [0.29, 0.717) is 14.4 Å². The number of anilines is 1. The van der Waals surface area contributed by atoms with Crippen molar-refractivity contribution < 1.29 is 9.59 Å². The number of carbonyl (C=O) groups excluding carboxylic acids is 2. The Hall–Kier alpha value is -2.81. The van der Waals surface area contributed by atoms with E-state index >= 15 is 0 Å². The van der Waals surface area contributed by atoms with E-state index in [2.05, 4.69) is 22.4 Å². The van der Waals surface area contributed by atoms with Crippen molar-refractivity contribution in [1.29, 1.82) is 0 Å². The Balaban J connectivity index is 1.49. The number of hydrogen-bond donors (Lipinski definition) is 1. The fourth-order valence-electron chi connectivity index (χ4n) is 2.98. The number of nitrogens with one attached hydrogen (secondary N) is 1. The molecule has 0 spiro atoms. The minimum atomic E-state index is -0.729. The molecule has 3 aromatic rings. The number of carbonyl (C=O) groups is 2. The molecule has 1 N–H and O–H groups in total. The van der Waals surface area contributed by atoms with Gasteiger partial charge >= 0.3 is 0 Å². The van der Waals surface area contributed by atoms with Crippen LogP contribution in [0.25, 0.3) is 17.2 Å². The molecular formula is C22H17N3O2S3. The van der Waals surface area contributed by atoms with E-state index in [4.69, 9.17) is 12.2 Å². The third-order valence-electron chi connectivity index (χ3n) is 4.57. The summed E-state index contributed by atoms with van der Waals surface area (Å²) in [6, 6.07) is 17.3. The Morgan fingerprint density at radius 2 is 1.83 bits per heavy atom. The van der Waals surface area contributed by atoms with Crippen molar-refractivity contribution in [2.24, 2.45) is 0 Å². The monoisotopic (exact) mass is 451 g/mol. The second-order valence-corrected chi connectivity index (χ2v) is 9.11. The van der Waals surface area contributed by atoms with E-state index in [1.54, 1.807) is 24.6 Å². The van der Waals surface area contributed by atoms with Gasteiger partial charge in [0.05, 0.1) is 4.91 Å². The van der Waals surface area contributed by atoms with Gasteiger partial charge in [-0.25, -0.2) is 4.98 Å². The van der Waals surface area contributed by atoms with Crippen LogP contribution in [-0.2, 0) is 9.59 Å². The molecule has 1 atom stereocenters. The van der Waals surface area contributed by atoms with E-state index in [0.717, 1.165) is 16.7 Å². The molecule has 2 aromatic carbocycles. The van der Waals surface area contributed by atoms with Crippen LogP contribution in [0.5, 0.6) is 0 Å². The molecule has 1 unspecified atom stereocenters. The standard InChI is InChI=1S/C22H17N3O2S3/c1-14(19(26)24-21-23-11-12-29-21)25-20(27)18(30-22(25)28)13-15-7-9-17(10-8-15)16-5-3-2-4-6-16/h2-14H,1H3,(H,23,24,26)/b18-13-. The number of aromatic nitrogens is 1. The zero-order chi connectivity index (χ0) is 21.1. The van der Waals surface area contributed by atoms with Gasteiger partial charge in [0, 0.05) is 11.6 Å². The summed E-state index contributed by atoms with van der Waals surface area (Å²) < 4.78 is 0.369. The number of amides is 2. The first-order chi connectivity index (χ1) is 14.5. The van der Waals surface area contributed by atoms with Gasteiger partial charge in [0.2, 0.25) is 5.91 Å². The first kappa shape index (κ1) is 20.5. The zero-order valence-electron chi connectivity index (χ0n) is 15.9. The molecule has 0 radical (unpaired) electrons. The van der Waals surface area contributed by atoms with Crippen molar-refractivity contribution in [2.75, 3.05) is 5.32 Å². The lowest BCUT2D eigenvalue weighted by molar-refractivity contribution is -0.129. The van der Waals surface area contributed by atoms with Crippen LogP contribution in [0.3, 0.4) is 0 Å². The predicted octanol–water partition coefficient (Wildman–Crippen LogP) is 5.04. The van der Waals surface area contributed by atoms with E-state index in [-0.39, 0.29) is 11.8 Å². The molecule has 1 aliphatic rings. The molecule has 0 saturated carbocycles. The Morgan fingerprint density at radius 3 is 2.50 bits per heavy atom. The second kappa shape index (κ2) is 8.91. The maximum absolute atomic E-state index is 12.9. The molecule has 2 heterocycles. The smallest absolute Gasteiger partial charge is 0.266 e. The normalized spacial score (nSPS) is 16.2. The molecular weight excluding hydrogens is 434 g/mol. The average molecular weight is 452 g/mol. The first-order valence-electron chi connectivity index (χ1n) is 9.16. The largest absolute Gasteiger partial charge is 0.300 e. The molecule has 4 rings (SSSR count). The molecule has 150 valence electrons. The predicted molar refractivity (Wildman–Crippen MR) is 127 cm³/mol. The summed E-state index contributed by atoms with van der Waals surface area (Å²) in [6.07, 6.45) is 3.41. The molecule has 5 nitrogen and oxygen atoms in total. The number of benzene rings is 2. The van der Waals surface area contributed by atoms with Crippen LogP contribution in [0.15, 0.2) is 71.1 Å². The van der Waals surface area contributed by atoms with Gasteiger partial charge in [0.25, 0.3) is 5.91 Å². The molecule has 8 heteroatoms. The molecule has 2 amide bonds. The Bertz CT molecular complexity index is 1110. The van der Waals surface area contributed by atoms with E-state index in [9.17, 15) is 9.59 Å². The summed E-state index contributed by atoms with van der Waals surface area (Å²) in [6.45, 7) is 1.66. The van der Waals surface area contributed by atoms with Crippen LogP contribution < -0.4 is 5.32 Å². The van der Waals surface area contributed by atoms with Gasteiger partial charge in [-0.1, -0.05) is 78.6 Å². The van der Waals surface area contributed by atoms with Gasteiger partial charge < -0.3 is 5.32 Å². The second-order valence-electron chi connectivity index (χ2n) is 6.54. The number of thiazole rings is 1. The van der Waals surface area contributed by atoms with Gasteiger partial charge in [0.15, 0.2) is 5.13 Å². The van der Waals surface area contributed by atoms with Crippen LogP contribution in [0.1, 0.15) is 12.5 Å². The number of hydrogen-bond acceptors (Lipinski definition) is 6. The van der Waals surface area contributed by atoms with E-state index < -0.39 is 6.04 Å². The van der Waals surface area contributed by atoms with Crippen LogP contribution in [0, 0.1) is 0 Å². The zero-order valence-corrected chi connectivity index (χ0v) is 18.4. The Morgan fingerprint density at radius 1 is 1.13 bits per heavy atom. The molecule has 30 heavy (non-hydrogen) atoms. The van der Waals surface area contributed by atoms with Gasteiger partial charge in [-0.05, 0) is 29.7 Å². The Kier molecular flexibility index (Phi) is 6.08. The SMILES string of the molecule is CC(C(=O)Nc1nccs1)N1C(=O)/C(=C/c2ccc(-c3ccccc3)cc2)SC1=S. The highest BCUT2D eigenvalue weighted by atomic mass is 32.2.